The number of thiol groups is 1. The third-order valence-corrected chi connectivity index (χ3v) is 5.64. The Kier molecular flexibility index (Phi) is 5.65. The molecule has 0 unspecified atom stereocenters. The van der Waals surface area contributed by atoms with Crippen LogP contribution in [0.3, 0.4) is 0 Å². The Morgan fingerprint density at radius 3 is 2.89 bits per heavy atom. The number of H-pyrrole nitrogens is 1. The molecule has 0 saturated heterocycles. The van der Waals surface area contributed by atoms with E-state index in [9.17, 15) is 4.79 Å². The van der Waals surface area contributed by atoms with E-state index in [1.807, 2.05) is 14.0 Å². The van der Waals surface area contributed by atoms with Gasteiger partial charge in [0.1, 0.15) is 16.3 Å². The molecule has 0 aliphatic heterocycles. The van der Waals surface area contributed by atoms with Crippen LogP contribution >= 0.6 is 11.4 Å². The average Bonchev–Trinajstić information content (AvgIpc) is 2.92. The molecule has 0 atom stereocenters. The van der Waals surface area contributed by atoms with Crippen molar-refractivity contribution in [3.8, 4) is 11.5 Å². The Labute approximate surface area is 161 Å². The molecule has 0 aliphatic rings. The summed E-state index contributed by atoms with van der Waals surface area (Å²) in [7, 11) is 2.04. The number of aromatic nitrogens is 4. The molecule has 7 nitrogen and oxygen atoms in total. The highest BCUT2D eigenvalue weighted by Crippen LogP contribution is 2.30. The minimum atomic E-state index is -0.175. The van der Waals surface area contributed by atoms with Crippen molar-refractivity contribution in [1.29, 1.82) is 0 Å². The zero-order valence-corrected chi connectivity index (χ0v) is 17.1. The van der Waals surface area contributed by atoms with Gasteiger partial charge in [0.15, 0.2) is 11.4 Å². The number of ether oxygens (including phenoxy) is 1. The van der Waals surface area contributed by atoms with Crippen LogP contribution in [0.2, 0.25) is 0 Å². The largest absolute Gasteiger partial charge is 0.455 e. The van der Waals surface area contributed by atoms with Crippen LogP contribution in [-0.4, -0.2) is 31.2 Å². The van der Waals surface area contributed by atoms with Crippen molar-refractivity contribution in [3.63, 3.8) is 0 Å². The summed E-state index contributed by atoms with van der Waals surface area (Å²) in [4.78, 5) is 23.3. The molecule has 0 spiro atoms. The van der Waals surface area contributed by atoms with E-state index in [-0.39, 0.29) is 5.91 Å². The van der Waals surface area contributed by atoms with Gasteiger partial charge in [-0.2, -0.15) is 11.4 Å². The van der Waals surface area contributed by atoms with Crippen LogP contribution in [0.5, 0.6) is 11.5 Å². The number of rotatable bonds is 5. The number of pyridine rings is 2. The lowest BCUT2D eigenvalue weighted by molar-refractivity contribution is -0.114. The number of carbonyl (C=O) groups excluding carboxylic acids is 1. The second-order valence-electron chi connectivity index (χ2n) is 6.85. The van der Waals surface area contributed by atoms with Crippen molar-refractivity contribution in [1.82, 2.24) is 19.5 Å². The number of nitrogens with zero attached hydrogens (tertiary/aromatic N) is 3. The minimum Gasteiger partial charge on any atom is -0.455 e. The molecule has 27 heavy (non-hydrogen) atoms. The van der Waals surface area contributed by atoms with Crippen LogP contribution in [0.1, 0.15) is 26.3 Å². The number of imidazole rings is 1. The predicted molar refractivity (Wildman–Crippen MR) is 110 cm³/mol. The van der Waals surface area contributed by atoms with E-state index < -0.39 is 0 Å². The van der Waals surface area contributed by atoms with Gasteiger partial charge in [-0.3, -0.25) is 4.79 Å². The number of fused-ring (bicyclic) bond motifs is 1. The van der Waals surface area contributed by atoms with Gasteiger partial charge in [-0.15, -0.1) is 0 Å². The fraction of sp³-hybridized carbons (Fsp3) is 0.368. The number of anilines is 1. The van der Waals surface area contributed by atoms with Crippen LogP contribution in [0.4, 0.5) is 5.82 Å². The number of carbonyl (C=O) groups is 1. The van der Waals surface area contributed by atoms with E-state index in [1.54, 1.807) is 24.5 Å². The monoisotopic (exact) mass is 387 g/mol. The fourth-order valence-electron chi connectivity index (χ4n) is 2.74. The van der Waals surface area contributed by atoms with Crippen LogP contribution < -0.4 is 10.1 Å². The highest BCUT2D eigenvalue weighted by molar-refractivity contribution is 7.91. The molecule has 0 bridgehead atoms. The van der Waals surface area contributed by atoms with Gasteiger partial charge in [0.05, 0.1) is 11.7 Å². The second kappa shape index (κ2) is 7.96. The van der Waals surface area contributed by atoms with Gasteiger partial charge in [0.2, 0.25) is 5.91 Å². The summed E-state index contributed by atoms with van der Waals surface area (Å²) in [6, 6.07) is 3.44. The van der Waals surface area contributed by atoms with Crippen molar-refractivity contribution >= 4 is 34.2 Å². The SMILES string of the molecule is CC(=O)Nc1cc(Oc2cnc3[nH]/c(=[SH]\CC(C)C)n(C)c3c2C)ccn1. The minimum absolute atomic E-state index is 0.175. The van der Waals surface area contributed by atoms with Crippen molar-refractivity contribution in [2.75, 3.05) is 11.1 Å². The first kappa shape index (κ1) is 19.2. The van der Waals surface area contributed by atoms with Crippen LogP contribution in [-0.2, 0) is 11.8 Å². The maximum atomic E-state index is 11.2. The molecule has 0 saturated carbocycles. The zero-order valence-electron chi connectivity index (χ0n) is 16.2. The molecule has 0 radical (unpaired) electrons. The van der Waals surface area contributed by atoms with Gasteiger partial charge < -0.3 is 19.6 Å². The fourth-order valence-corrected chi connectivity index (χ4v) is 3.78. The van der Waals surface area contributed by atoms with Crippen LogP contribution in [0, 0.1) is 17.6 Å². The summed E-state index contributed by atoms with van der Waals surface area (Å²) >= 11 is 1.25. The van der Waals surface area contributed by atoms with E-state index in [2.05, 4.69) is 38.7 Å². The molecule has 8 heteroatoms. The molecule has 0 aromatic carbocycles. The lowest BCUT2D eigenvalue weighted by Crippen LogP contribution is -2.07. The predicted octanol–water partition coefficient (Wildman–Crippen LogP) is 4.01. The van der Waals surface area contributed by atoms with Gasteiger partial charge in [-0.25, -0.2) is 9.97 Å². The molecule has 0 fully saturated rings. The molecule has 3 aromatic rings. The number of aryl methyl sites for hydroxylation is 2. The number of amides is 1. The smallest absolute Gasteiger partial charge is 0.222 e. The van der Waals surface area contributed by atoms with Gasteiger partial charge >= 0.3 is 0 Å². The number of hydrogen-bond acceptors (Lipinski definition) is 4. The van der Waals surface area contributed by atoms with Gasteiger partial charge in [0, 0.05) is 31.8 Å². The van der Waals surface area contributed by atoms with E-state index in [4.69, 9.17) is 4.74 Å². The lowest BCUT2D eigenvalue weighted by atomic mass is 10.2. The summed E-state index contributed by atoms with van der Waals surface area (Å²) < 4.78 is 9.29. The summed E-state index contributed by atoms with van der Waals surface area (Å²) in [5, 5.41) is 2.66. The lowest BCUT2D eigenvalue weighted by Gasteiger charge is -2.10. The Morgan fingerprint density at radius 2 is 2.19 bits per heavy atom. The topological polar surface area (TPSA) is 84.8 Å². The van der Waals surface area contributed by atoms with Crippen molar-refractivity contribution in [2.24, 2.45) is 13.0 Å². The van der Waals surface area contributed by atoms with Crippen molar-refractivity contribution < 1.29 is 9.53 Å². The number of nitrogens with one attached hydrogen (secondary N) is 2. The molecule has 3 aromatic heterocycles. The van der Waals surface area contributed by atoms with Gasteiger partial charge in [-0.1, -0.05) is 13.8 Å². The van der Waals surface area contributed by atoms with E-state index in [1.165, 1.54) is 18.3 Å². The Hall–Kier alpha value is -2.61. The standard InChI is InChI=1S/C19H25N5O2S/c1-11(2)10-27-19-23-18-17(24(19)5)12(3)15(9-21-18)26-14-6-7-20-16(8-14)22-13(4)25/h6-9,11,27H,10H2,1-5H3,(H,21,23)(H,20,22,25). The summed E-state index contributed by atoms with van der Waals surface area (Å²) in [5.74, 6) is 3.26. The first-order chi connectivity index (χ1) is 12.8. The third-order valence-electron chi connectivity index (χ3n) is 4.01. The molecule has 3 rings (SSSR count). The summed E-state index contributed by atoms with van der Waals surface area (Å²) in [5.41, 5.74) is 2.87. The molecular formula is C19H25N5O2S. The Bertz CT molecular complexity index is 1050. The molecule has 0 aliphatic carbocycles. The number of aromatic amines is 1. The van der Waals surface area contributed by atoms with E-state index >= 15 is 0 Å². The average molecular weight is 388 g/mol. The zero-order chi connectivity index (χ0) is 19.6. The van der Waals surface area contributed by atoms with Crippen LogP contribution in [0.15, 0.2) is 24.5 Å². The summed E-state index contributed by atoms with van der Waals surface area (Å²) in [6.45, 7) is 7.90. The van der Waals surface area contributed by atoms with Crippen molar-refractivity contribution in [2.45, 2.75) is 27.7 Å². The Morgan fingerprint density at radius 1 is 1.41 bits per heavy atom. The Balaban J connectivity index is 1.97. The molecule has 2 N–H and O–H groups in total. The maximum Gasteiger partial charge on any atom is 0.222 e. The van der Waals surface area contributed by atoms with Gasteiger partial charge in [-0.05, 0) is 24.7 Å². The normalized spacial score (nSPS) is 12.3. The van der Waals surface area contributed by atoms with Gasteiger partial charge in [0.25, 0.3) is 0 Å². The number of hydrogen-bond donors (Lipinski definition) is 3. The summed E-state index contributed by atoms with van der Waals surface area (Å²) in [6.07, 6.45) is 3.32. The first-order valence-electron chi connectivity index (χ1n) is 8.81. The molecular weight excluding hydrogens is 362 g/mol. The second-order valence-corrected chi connectivity index (χ2v) is 7.95. The highest BCUT2D eigenvalue weighted by Gasteiger charge is 2.12. The van der Waals surface area contributed by atoms with E-state index in [0.29, 0.717) is 23.2 Å². The molecule has 3 heterocycles. The highest BCUT2D eigenvalue weighted by atomic mass is 32.1. The van der Waals surface area contributed by atoms with E-state index in [0.717, 1.165) is 27.3 Å². The van der Waals surface area contributed by atoms with Crippen LogP contribution in [0.25, 0.3) is 11.2 Å². The molecule has 1 amide bonds. The quantitative estimate of drug-likeness (QED) is 0.456. The maximum absolute atomic E-state index is 11.2. The first-order valence-corrected chi connectivity index (χ1v) is 9.89. The van der Waals surface area contributed by atoms with Crippen molar-refractivity contribution in [3.05, 3.63) is 34.9 Å². The third kappa shape index (κ3) is 4.39. The molecule has 144 valence electrons.